The Morgan fingerprint density at radius 1 is 1.20 bits per heavy atom. The molecular weight excluding hydrogens is 483 g/mol. The number of hydrogen-bond acceptors (Lipinski definition) is 8. The summed E-state index contributed by atoms with van der Waals surface area (Å²) in [4.78, 5) is 13.8. The second-order valence-electron chi connectivity index (χ2n) is 8.04. The lowest BCUT2D eigenvalue weighted by atomic mass is 10.1. The maximum absolute atomic E-state index is 13.4. The molecule has 35 heavy (non-hydrogen) atoms. The minimum atomic E-state index is -0.347. The zero-order valence-electron chi connectivity index (χ0n) is 19.7. The van der Waals surface area contributed by atoms with E-state index in [2.05, 4.69) is 32.3 Å². The number of aryl methyl sites for hydroxylation is 3. The summed E-state index contributed by atoms with van der Waals surface area (Å²) in [6.45, 7) is 9.99. The SMILES string of the molecule is C=Cc1c(SCCc2nnc3sc(C(=O)NCc4cccc(F)c4)c(N)c3c2C)nnc(C)c1C. The molecule has 4 aromatic rings. The van der Waals surface area contributed by atoms with Gasteiger partial charge in [0, 0.05) is 29.7 Å². The van der Waals surface area contributed by atoms with Crippen molar-refractivity contribution in [3.8, 4) is 0 Å². The second kappa shape index (κ2) is 10.5. The molecule has 0 radical (unpaired) electrons. The van der Waals surface area contributed by atoms with Crippen LogP contribution in [0.5, 0.6) is 0 Å². The van der Waals surface area contributed by atoms with Crippen molar-refractivity contribution < 1.29 is 9.18 Å². The lowest BCUT2D eigenvalue weighted by Gasteiger charge is -2.09. The molecule has 0 bridgehead atoms. The number of nitrogens with two attached hydrogens (primary N) is 1. The molecule has 3 aromatic heterocycles. The average molecular weight is 509 g/mol. The Kier molecular flexibility index (Phi) is 7.42. The molecule has 7 nitrogen and oxygen atoms in total. The van der Waals surface area contributed by atoms with Crippen LogP contribution in [0.25, 0.3) is 16.3 Å². The number of halogens is 1. The quantitative estimate of drug-likeness (QED) is 0.321. The van der Waals surface area contributed by atoms with E-state index in [1.165, 1.54) is 23.5 Å². The zero-order valence-corrected chi connectivity index (χ0v) is 21.3. The lowest BCUT2D eigenvalue weighted by molar-refractivity contribution is 0.0955. The van der Waals surface area contributed by atoms with Crippen LogP contribution in [0.15, 0.2) is 35.9 Å². The van der Waals surface area contributed by atoms with Gasteiger partial charge in [0.2, 0.25) is 0 Å². The third-order valence-corrected chi connectivity index (χ3v) is 7.87. The molecule has 1 aromatic carbocycles. The van der Waals surface area contributed by atoms with Gasteiger partial charge in [0.15, 0.2) is 0 Å². The van der Waals surface area contributed by atoms with Crippen LogP contribution < -0.4 is 11.1 Å². The predicted molar refractivity (Wildman–Crippen MR) is 140 cm³/mol. The summed E-state index contributed by atoms with van der Waals surface area (Å²) in [6, 6.07) is 6.10. The molecule has 4 rings (SSSR count). The van der Waals surface area contributed by atoms with Crippen molar-refractivity contribution in [2.75, 3.05) is 11.5 Å². The average Bonchev–Trinajstić information content (AvgIpc) is 3.18. The molecule has 0 unspecified atom stereocenters. The molecule has 10 heteroatoms. The molecule has 180 valence electrons. The molecule has 0 fully saturated rings. The normalized spacial score (nSPS) is 11.1. The van der Waals surface area contributed by atoms with Crippen LogP contribution in [0.3, 0.4) is 0 Å². The number of carbonyl (C=O) groups excluding carboxylic acids is 1. The minimum absolute atomic E-state index is 0.200. The van der Waals surface area contributed by atoms with Gasteiger partial charge in [0.1, 0.15) is 20.6 Å². The van der Waals surface area contributed by atoms with Crippen LogP contribution in [-0.4, -0.2) is 32.1 Å². The van der Waals surface area contributed by atoms with Crippen molar-refractivity contribution in [2.45, 2.75) is 38.8 Å². The van der Waals surface area contributed by atoms with Crippen molar-refractivity contribution in [3.05, 3.63) is 75.2 Å². The van der Waals surface area contributed by atoms with E-state index < -0.39 is 0 Å². The maximum atomic E-state index is 13.4. The molecule has 1 amide bonds. The number of nitrogen functional groups attached to an aromatic ring is 1. The molecule has 0 saturated heterocycles. The molecule has 0 aliphatic carbocycles. The van der Waals surface area contributed by atoms with Crippen LogP contribution in [0.4, 0.5) is 10.1 Å². The number of nitrogens with zero attached hydrogens (tertiary/aromatic N) is 4. The number of hydrogen-bond donors (Lipinski definition) is 2. The summed E-state index contributed by atoms with van der Waals surface area (Å²) in [5, 5.41) is 21.6. The topological polar surface area (TPSA) is 107 Å². The summed E-state index contributed by atoms with van der Waals surface area (Å²) in [5.74, 6) is 0.0564. The third-order valence-electron chi connectivity index (χ3n) is 5.79. The lowest BCUT2D eigenvalue weighted by Crippen LogP contribution is -2.22. The number of thioether (sulfide) groups is 1. The van der Waals surface area contributed by atoms with E-state index in [0.717, 1.165) is 44.2 Å². The second-order valence-corrected chi connectivity index (χ2v) is 10.1. The summed E-state index contributed by atoms with van der Waals surface area (Å²) < 4.78 is 13.4. The molecule has 0 atom stereocenters. The fraction of sp³-hybridized carbons (Fsp3) is 0.240. The van der Waals surface area contributed by atoms with Crippen molar-refractivity contribution in [2.24, 2.45) is 0 Å². The molecule has 0 spiro atoms. The van der Waals surface area contributed by atoms with Gasteiger partial charge < -0.3 is 11.1 Å². The monoisotopic (exact) mass is 508 g/mol. The Hall–Kier alpha value is -3.37. The molecule has 3 heterocycles. The van der Waals surface area contributed by atoms with E-state index in [0.29, 0.717) is 27.4 Å². The van der Waals surface area contributed by atoms with Gasteiger partial charge in [-0.25, -0.2) is 4.39 Å². The van der Waals surface area contributed by atoms with Gasteiger partial charge in [0.05, 0.1) is 17.1 Å². The highest BCUT2D eigenvalue weighted by molar-refractivity contribution is 7.99. The number of thiophene rings is 1. The van der Waals surface area contributed by atoms with Crippen LogP contribution in [0.1, 0.15) is 43.3 Å². The fourth-order valence-electron chi connectivity index (χ4n) is 3.70. The third kappa shape index (κ3) is 5.18. The first-order valence-corrected chi connectivity index (χ1v) is 12.8. The number of carbonyl (C=O) groups is 1. The van der Waals surface area contributed by atoms with Gasteiger partial charge in [-0.3, -0.25) is 4.79 Å². The van der Waals surface area contributed by atoms with Gasteiger partial charge in [-0.1, -0.05) is 24.8 Å². The Morgan fingerprint density at radius 3 is 2.74 bits per heavy atom. The Morgan fingerprint density at radius 2 is 2.00 bits per heavy atom. The molecule has 3 N–H and O–H groups in total. The van der Waals surface area contributed by atoms with Crippen molar-refractivity contribution in [1.29, 1.82) is 0 Å². The first kappa shape index (κ1) is 24.7. The minimum Gasteiger partial charge on any atom is -0.397 e. The Balaban J connectivity index is 1.49. The number of anilines is 1. The number of benzene rings is 1. The van der Waals surface area contributed by atoms with Crippen molar-refractivity contribution in [3.63, 3.8) is 0 Å². The summed E-state index contributed by atoms with van der Waals surface area (Å²) in [5.41, 5.74) is 12.1. The largest absolute Gasteiger partial charge is 0.397 e. The van der Waals surface area contributed by atoms with Crippen molar-refractivity contribution in [1.82, 2.24) is 25.7 Å². The number of nitrogens with one attached hydrogen (secondary N) is 1. The number of rotatable bonds is 8. The predicted octanol–water partition coefficient (Wildman–Crippen LogP) is 5.04. The van der Waals surface area contributed by atoms with Gasteiger partial charge >= 0.3 is 0 Å². The molecular formula is C25H25FN6OS2. The van der Waals surface area contributed by atoms with Gasteiger partial charge in [0.25, 0.3) is 5.91 Å². The summed E-state index contributed by atoms with van der Waals surface area (Å²) in [6.07, 6.45) is 2.46. The van der Waals surface area contributed by atoms with E-state index >= 15 is 0 Å². The Bertz CT molecular complexity index is 1440. The van der Waals surface area contributed by atoms with Crippen LogP contribution in [0, 0.1) is 26.6 Å². The van der Waals surface area contributed by atoms with Crippen molar-refractivity contribution >= 4 is 51.0 Å². The standard InChI is InChI=1S/C25H25FN6OS2/c1-5-18-13(2)15(4)29-31-24(18)34-10-9-19-14(3)20-21(27)22(35-25(20)32-30-19)23(33)28-12-16-7-6-8-17(26)11-16/h5-8,11H,1,9-10,12,27H2,2-4H3,(H,28,33). The highest BCUT2D eigenvalue weighted by Crippen LogP contribution is 2.35. The number of aromatic nitrogens is 4. The maximum Gasteiger partial charge on any atom is 0.263 e. The van der Waals surface area contributed by atoms with Crippen LogP contribution in [0.2, 0.25) is 0 Å². The summed E-state index contributed by atoms with van der Waals surface area (Å²) in [7, 11) is 0. The van der Waals surface area contributed by atoms with E-state index in [9.17, 15) is 9.18 Å². The van der Waals surface area contributed by atoms with Gasteiger partial charge in [-0.15, -0.1) is 33.3 Å². The van der Waals surface area contributed by atoms with E-state index in [1.807, 2.05) is 26.8 Å². The highest BCUT2D eigenvalue weighted by Gasteiger charge is 2.21. The molecule has 0 aliphatic rings. The zero-order chi connectivity index (χ0) is 25.1. The smallest absolute Gasteiger partial charge is 0.263 e. The van der Waals surface area contributed by atoms with E-state index in [4.69, 9.17) is 5.73 Å². The van der Waals surface area contributed by atoms with E-state index in [-0.39, 0.29) is 18.3 Å². The van der Waals surface area contributed by atoms with E-state index in [1.54, 1.807) is 23.9 Å². The Labute approximate surface area is 211 Å². The number of amides is 1. The molecule has 0 saturated carbocycles. The summed E-state index contributed by atoms with van der Waals surface area (Å²) >= 11 is 2.79. The highest BCUT2D eigenvalue weighted by atomic mass is 32.2. The van der Waals surface area contributed by atoms with Gasteiger partial charge in [-0.2, -0.15) is 10.2 Å². The fourth-order valence-corrected chi connectivity index (χ4v) is 5.70. The first-order chi connectivity index (χ1) is 16.8. The first-order valence-electron chi connectivity index (χ1n) is 11.0. The molecule has 0 aliphatic heterocycles. The van der Waals surface area contributed by atoms with Crippen LogP contribution in [-0.2, 0) is 13.0 Å². The van der Waals surface area contributed by atoms with Gasteiger partial charge in [-0.05, 0) is 49.6 Å². The number of fused-ring (bicyclic) bond motifs is 1. The van der Waals surface area contributed by atoms with Crippen LogP contribution >= 0.6 is 23.1 Å².